The van der Waals surface area contributed by atoms with Crippen molar-refractivity contribution in [1.29, 1.82) is 0 Å². The van der Waals surface area contributed by atoms with E-state index in [1.165, 1.54) is 4.88 Å². The van der Waals surface area contributed by atoms with Crippen molar-refractivity contribution >= 4 is 27.3 Å². The van der Waals surface area contributed by atoms with E-state index in [0.717, 1.165) is 3.79 Å². The number of aliphatic hydroxyl groups excluding tert-OH is 1. The van der Waals surface area contributed by atoms with Gasteiger partial charge in [-0.25, -0.2) is 0 Å². The van der Waals surface area contributed by atoms with Crippen molar-refractivity contribution in [2.45, 2.75) is 20.5 Å². The fourth-order valence-corrected chi connectivity index (χ4v) is 2.32. The quantitative estimate of drug-likeness (QED) is 0.897. The highest BCUT2D eigenvalue weighted by Crippen LogP contribution is 2.23. The molecule has 0 saturated carbocycles. The highest BCUT2D eigenvalue weighted by atomic mass is 79.9. The molecular formula is C10H15BrO2S. The van der Waals surface area contributed by atoms with Crippen LogP contribution in [-0.2, 0) is 11.3 Å². The van der Waals surface area contributed by atoms with Crippen molar-refractivity contribution in [3.05, 3.63) is 20.8 Å². The minimum Gasteiger partial charge on any atom is -0.396 e. The molecule has 4 heteroatoms. The predicted molar refractivity (Wildman–Crippen MR) is 62.5 cm³/mol. The Hall–Kier alpha value is 0.1000. The highest BCUT2D eigenvalue weighted by molar-refractivity contribution is 9.11. The van der Waals surface area contributed by atoms with Gasteiger partial charge in [-0.2, -0.15) is 0 Å². The third kappa shape index (κ3) is 4.09. The standard InChI is InChI=1S/C10H15BrO2S/c1-10(2,6-12)7-13-5-8-3-4-9(11)14-8/h3-4,12H,5-7H2,1-2H3. The monoisotopic (exact) mass is 278 g/mol. The van der Waals surface area contributed by atoms with Crippen molar-refractivity contribution in [2.24, 2.45) is 5.41 Å². The molecule has 2 nitrogen and oxygen atoms in total. The van der Waals surface area contributed by atoms with Crippen LogP contribution in [0.3, 0.4) is 0 Å². The molecular weight excluding hydrogens is 264 g/mol. The first kappa shape index (κ1) is 12.2. The summed E-state index contributed by atoms with van der Waals surface area (Å²) in [4.78, 5) is 1.20. The number of halogens is 1. The molecule has 14 heavy (non-hydrogen) atoms. The Morgan fingerprint density at radius 2 is 2.21 bits per heavy atom. The highest BCUT2D eigenvalue weighted by Gasteiger charge is 2.16. The van der Waals surface area contributed by atoms with Gasteiger partial charge >= 0.3 is 0 Å². The second-order valence-corrected chi connectivity index (χ2v) is 6.57. The van der Waals surface area contributed by atoms with Crippen LogP contribution in [0.5, 0.6) is 0 Å². The largest absolute Gasteiger partial charge is 0.396 e. The minimum atomic E-state index is -0.144. The van der Waals surface area contributed by atoms with Gasteiger partial charge in [0.1, 0.15) is 0 Å². The molecule has 80 valence electrons. The Morgan fingerprint density at radius 3 is 2.71 bits per heavy atom. The van der Waals surface area contributed by atoms with Crippen molar-refractivity contribution in [1.82, 2.24) is 0 Å². The molecule has 0 aromatic carbocycles. The molecule has 0 spiro atoms. The summed E-state index contributed by atoms with van der Waals surface area (Å²) in [7, 11) is 0. The number of rotatable bonds is 5. The maximum absolute atomic E-state index is 9.01. The van der Waals surface area contributed by atoms with Crippen LogP contribution in [0.25, 0.3) is 0 Å². The molecule has 0 amide bonds. The van der Waals surface area contributed by atoms with Crippen molar-refractivity contribution in [3.63, 3.8) is 0 Å². The molecule has 0 aliphatic carbocycles. The molecule has 0 radical (unpaired) electrons. The zero-order valence-corrected chi connectivity index (χ0v) is 10.8. The van der Waals surface area contributed by atoms with E-state index in [4.69, 9.17) is 9.84 Å². The molecule has 0 aliphatic heterocycles. The smallest absolute Gasteiger partial charge is 0.0810 e. The number of hydrogen-bond acceptors (Lipinski definition) is 3. The number of ether oxygens (including phenoxy) is 1. The Kier molecular flexibility index (Phi) is 4.57. The van der Waals surface area contributed by atoms with Gasteiger partial charge in [-0.15, -0.1) is 11.3 Å². The molecule has 1 rings (SSSR count). The summed E-state index contributed by atoms with van der Waals surface area (Å²) in [5.74, 6) is 0. The van der Waals surface area contributed by atoms with Crippen molar-refractivity contribution in [3.8, 4) is 0 Å². The van der Waals surface area contributed by atoms with Gasteiger partial charge in [-0.05, 0) is 28.1 Å². The lowest BCUT2D eigenvalue weighted by molar-refractivity contribution is 0.0207. The van der Waals surface area contributed by atoms with Crippen LogP contribution in [-0.4, -0.2) is 18.3 Å². The summed E-state index contributed by atoms with van der Waals surface area (Å²) in [6, 6.07) is 4.06. The van der Waals surface area contributed by atoms with Gasteiger partial charge in [0.05, 0.1) is 23.6 Å². The molecule has 0 aliphatic rings. The Bertz CT molecular complexity index is 283. The van der Waals surface area contributed by atoms with Gasteiger partial charge in [0, 0.05) is 10.3 Å². The Balaban J connectivity index is 2.28. The fraction of sp³-hybridized carbons (Fsp3) is 0.600. The third-order valence-corrected chi connectivity index (χ3v) is 3.39. The van der Waals surface area contributed by atoms with Gasteiger partial charge < -0.3 is 9.84 Å². The summed E-state index contributed by atoms with van der Waals surface area (Å²) < 4.78 is 6.64. The van der Waals surface area contributed by atoms with E-state index >= 15 is 0 Å². The molecule has 1 heterocycles. The lowest BCUT2D eigenvalue weighted by atomic mass is 9.97. The average Bonchev–Trinajstić information content (AvgIpc) is 2.51. The zero-order chi connectivity index (χ0) is 10.6. The summed E-state index contributed by atoms with van der Waals surface area (Å²) in [6.07, 6.45) is 0. The summed E-state index contributed by atoms with van der Waals surface area (Å²) in [6.45, 7) is 5.33. The van der Waals surface area contributed by atoms with E-state index in [-0.39, 0.29) is 12.0 Å². The molecule has 0 fully saturated rings. The lowest BCUT2D eigenvalue weighted by Crippen LogP contribution is -2.23. The van der Waals surface area contributed by atoms with E-state index in [1.807, 2.05) is 26.0 Å². The first-order valence-electron chi connectivity index (χ1n) is 4.46. The maximum atomic E-state index is 9.01. The zero-order valence-electron chi connectivity index (χ0n) is 8.42. The van der Waals surface area contributed by atoms with Gasteiger partial charge in [0.15, 0.2) is 0 Å². The van der Waals surface area contributed by atoms with E-state index in [9.17, 15) is 0 Å². The van der Waals surface area contributed by atoms with Gasteiger partial charge in [-0.3, -0.25) is 0 Å². The minimum absolute atomic E-state index is 0.144. The van der Waals surface area contributed by atoms with Gasteiger partial charge in [0.2, 0.25) is 0 Å². The molecule has 1 aromatic rings. The van der Waals surface area contributed by atoms with Gasteiger partial charge in [-0.1, -0.05) is 13.8 Å². The van der Waals surface area contributed by atoms with E-state index < -0.39 is 0 Å². The number of aliphatic hydroxyl groups is 1. The predicted octanol–water partition coefficient (Wildman–Crippen LogP) is 3.05. The summed E-state index contributed by atoms with van der Waals surface area (Å²) in [5, 5.41) is 9.01. The summed E-state index contributed by atoms with van der Waals surface area (Å²) in [5.41, 5.74) is -0.144. The molecule has 1 N–H and O–H groups in total. The fourth-order valence-electron chi connectivity index (χ4n) is 0.903. The van der Waals surface area contributed by atoms with E-state index in [0.29, 0.717) is 13.2 Å². The summed E-state index contributed by atoms with van der Waals surface area (Å²) >= 11 is 5.08. The van der Waals surface area contributed by atoms with Crippen molar-refractivity contribution < 1.29 is 9.84 Å². The molecule has 0 atom stereocenters. The average molecular weight is 279 g/mol. The first-order valence-corrected chi connectivity index (χ1v) is 6.07. The number of hydrogen-bond donors (Lipinski definition) is 1. The second-order valence-electron chi connectivity index (χ2n) is 4.02. The van der Waals surface area contributed by atoms with Crippen LogP contribution >= 0.6 is 27.3 Å². The molecule has 1 aromatic heterocycles. The van der Waals surface area contributed by atoms with Crippen LogP contribution in [0.15, 0.2) is 15.9 Å². The van der Waals surface area contributed by atoms with Crippen LogP contribution in [0.2, 0.25) is 0 Å². The molecule has 0 saturated heterocycles. The molecule has 0 unspecified atom stereocenters. The van der Waals surface area contributed by atoms with Crippen molar-refractivity contribution in [2.75, 3.05) is 13.2 Å². The normalized spacial score (nSPS) is 12.0. The topological polar surface area (TPSA) is 29.5 Å². The Morgan fingerprint density at radius 1 is 1.50 bits per heavy atom. The van der Waals surface area contributed by atoms with Crippen LogP contribution in [0.4, 0.5) is 0 Å². The van der Waals surface area contributed by atoms with Crippen LogP contribution in [0.1, 0.15) is 18.7 Å². The Labute approximate surface area is 97.0 Å². The van der Waals surface area contributed by atoms with Crippen LogP contribution in [0, 0.1) is 5.41 Å². The third-order valence-electron chi connectivity index (χ3n) is 1.79. The maximum Gasteiger partial charge on any atom is 0.0810 e. The first-order chi connectivity index (χ1) is 6.53. The SMILES string of the molecule is CC(C)(CO)COCc1ccc(Br)s1. The number of thiophene rings is 1. The van der Waals surface area contributed by atoms with E-state index in [2.05, 4.69) is 15.9 Å². The molecule has 0 bridgehead atoms. The van der Waals surface area contributed by atoms with Gasteiger partial charge in [0.25, 0.3) is 0 Å². The lowest BCUT2D eigenvalue weighted by Gasteiger charge is -2.20. The van der Waals surface area contributed by atoms with Crippen LogP contribution < -0.4 is 0 Å². The van der Waals surface area contributed by atoms with E-state index in [1.54, 1.807) is 11.3 Å². The second kappa shape index (κ2) is 5.26.